The van der Waals surface area contributed by atoms with Crippen LogP contribution in [0.15, 0.2) is 54.6 Å². The van der Waals surface area contributed by atoms with Gasteiger partial charge in [0.25, 0.3) is 0 Å². The molecule has 5 heteroatoms. The fourth-order valence-electron chi connectivity index (χ4n) is 3.09. The molecule has 3 rings (SSSR count). The molecule has 0 heterocycles. The first-order chi connectivity index (χ1) is 12.0. The fraction of sp³-hybridized carbons (Fsp3) is 0.300. The molecule has 1 fully saturated rings. The number of hydrogen-bond donors (Lipinski definition) is 2. The minimum Gasteiger partial charge on any atom is -0.369 e. The highest BCUT2D eigenvalue weighted by molar-refractivity contribution is 5.84. The van der Waals surface area contributed by atoms with Crippen LogP contribution in [0.25, 0.3) is 0 Å². The number of primary amides is 1. The van der Waals surface area contributed by atoms with E-state index in [2.05, 4.69) is 5.32 Å². The Balaban J connectivity index is 1.52. The third kappa shape index (κ3) is 4.44. The van der Waals surface area contributed by atoms with E-state index < -0.39 is 11.8 Å². The molecule has 4 nitrogen and oxygen atoms in total. The van der Waals surface area contributed by atoms with E-state index in [1.165, 1.54) is 17.7 Å². The van der Waals surface area contributed by atoms with Gasteiger partial charge in [0.1, 0.15) is 5.82 Å². The van der Waals surface area contributed by atoms with E-state index in [0.29, 0.717) is 6.42 Å². The van der Waals surface area contributed by atoms with E-state index >= 15 is 0 Å². The van der Waals surface area contributed by atoms with Gasteiger partial charge in [-0.3, -0.25) is 9.59 Å². The van der Waals surface area contributed by atoms with Crippen molar-refractivity contribution in [2.45, 2.75) is 18.8 Å². The van der Waals surface area contributed by atoms with Crippen LogP contribution in [-0.4, -0.2) is 18.4 Å². The SMILES string of the molecule is NC(=O)[C@H](CNC(=O)[C@@H]1C[C@@H]1c1ccccc1)Cc1ccc(F)cc1. The molecular weight excluding hydrogens is 319 g/mol. The molecule has 2 aromatic rings. The Morgan fingerprint density at radius 2 is 1.80 bits per heavy atom. The van der Waals surface area contributed by atoms with E-state index in [1.54, 1.807) is 12.1 Å². The highest BCUT2D eigenvalue weighted by atomic mass is 19.1. The molecule has 1 aliphatic rings. The number of carbonyl (C=O) groups excluding carboxylic acids is 2. The fourth-order valence-corrected chi connectivity index (χ4v) is 3.09. The van der Waals surface area contributed by atoms with Crippen molar-refractivity contribution in [3.63, 3.8) is 0 Å². The molecule has 130 valence electrons. The average Bonchev–Trinajstić information content (AvgIpc) is 3.41. The molecule has 0 radical (unpaired) electrons. The minimum atomic E-state index is -0.511. The summed E-state index contributed by atoms with van der Waals surface area (Å²) in [5, 5.41) is 2.84. The largest absolute Gasteiger partial charge is 0.369 e. The maximum Gasteiger partial charge on any atom is 0.223 e. The van der Waals surface area contributed by atoms with Gasteiger partial charge in [-0.05, 0) is 42.0 Å². The van der Waals surface area contributed by atoms with Crippen LogP contribution in [0.1, 0.15) is 23.5 Å². The second-order valence-corrected chi connectivity index (χ2v) is 6.53. The Labute approximate surface area is 146 Å². The first kappa shape index (κ1) is 17.1. The quantitative estimate of drug-likeness (QED) is 0.812. The molecule has 3 atom stereocenters. The van der Waals surface area contributed by atoms with Gasteiger partial charge in [0, 0.05) is 12.5 Å². The minimum absolute atomic E-state index is 0.0400. The molecular formula is C20H21FN2O2. The van der Waals surface area contributed by atoms with Crippen LogP contribution in [0.5, 0.6) is 0 Å². The maximum atomic E-state index is 13.0. The number of nitrogens with one attached hydrogen (secondary N) is 1. The molecule has 2 aromatic carbocycles. The average molecular weight is 340 g/mol. The van der Waals surface area contributed by atoms with Crippen LogP contribution < -0.4 is 11.1 Å². The zero-order chi connectivity index (χ0) is 17.8. The third-order valence-electron chi connectivity index (χ3n) is 4.68. The molecule has 0 saturated heterocycles. The molecule has 0 unspecified atom stereocenters. The predicted molar refractivity (Wildman–Crippen MR) is 93.1 cm³/mol. The van der Waals surface area contributed by atoms with Crippen molar-refractivity contribution < 1.29 is 14.0 Å². The first-order valence-electron chi connectivity index (χ1n) is 8.41. The number of hydrogen-bond acceptors (Lipinski definition) is 2. The van der Waals surface area contributed by atoms with Crippen LogP contribution in [0, 0.1) is 17.7 Å². The number of benzene rings is 2. The summed E-state index contributed by atoms with van der Waals surface area (Å²) in [6.45, 7) is 0.198. The predicted octanol–water partition coefficient (Wildman–Crippen LogP) is 2.39. The van der Waals surface area contributed by atoms with Gasteiger partial charge in [-0.25, -0.2) is 4.39 Å². The van der Waals surface area contributed by atoms with Crippen molar-refractivity contribution in [2.24, 2.45) is 17.6 Å². The Morgan fingerprint density at radius 3 is 2.44 bits per heavy atom. The lowest BCUT2D eigenvalue weighted by molar-refractivity contribution is -0.124. The summed E-state index contributed by atoms with van der Waals surface area (Å²) in [5.41, 5.74) is 7.43. The molecule has 0 aromatic heterocycles. The first-order valence-corrected chi connectivity index (χ1v) is 8.41. The van der Waals surface area contributed by atoms with Gasteiger partial charge in [-0.15, -0.1) is 0 Å². The smallest absolute Gasteiger partial charge is 0.223 e. The van der Waals surface area contributed by atoms with Crippen LogP contribution in [0.4, 0.5) is 4.39 Å². The van der Waals surface area contributed by atoms with E-state index in [4.69, 9.17) is 5.73 Å². The number of amides is 2. The van der Waals surface area contributed by atoms with Gasteiger partial charge >= 0.3 is 0 Å². The summed E-state index contributed by atoms with van der Waals surface area (Å²) in [6, 6.07) is 15.9. The zero-order valence-electron chi connectivity index (χ0n) is 13.8. The van der Waals surface area contributed by atoms with E-state index in [9.17, 15) is 14.0 Å². The van der Waals surface area contributed by atoms with Gasteiger partial charge in [-0.2, -0.15) is 0 Å². The summed E-state index contributed by atoms with van der Waals surface area (Å²) in [5.74, 6) is -1.14. The van der Waals surface area contributed by atoms with Crippen molar-refractivity contribution in [3.05, 3.63) is 71.5 Å². The van der Waals surface area contributed by atoms with Crippen molar-refractivity contribution in [1.82, 2.24) is 5.32 Å². The Morgan fingerprint density at radius 1 is 1.12 bits per heavy atom. The topological polar surface area (TPSA) is 72.2 Å². The van der Waals surface area contributed by atoms with Gasteiger partial charge < -0.3 is 11.1 Å². The molecule has 1 aliphatic carbocycles. The number of rotatable bonds is 7. The highest BCUT2D eigenvalue weighted by Gasteiger charge is 2.43. The number of halogens is 1. The van der Waals surface area contributed by atoms with Crippen LogP contribution in [0.2, 0.25) is 0 Å². The van der Waals surface area contributed by atoms with Crippen LogP contribution in [0.3, 0.4) is 0 Å². The Hall–Kier alpha value is -2.69. The van der Waals surface area contributed by atoms with Crippen LogP contribution in [-0.2, 0) is 16.0 Å². The second-order valence-electron chi connectivity index (χ2n) is 6.53. The molecule has 0 spiro atoms. The molecule has 2 amide bonds. The second kappa shape index (κ2) is 7.47. The van der Waals surface area contributed by atoms with Crippen molar-refractivity contribution in [1.29, 1.82) is 0 Å². The van der Waals surface area contributed by atoms with Crippen molar-refractivity contribution >= 4 is 11.8 Å². The lowest BCUT2D eigenvalue weighted by Gasteiger charge is -2.14. The maximum absolute atomic E-state index is 13.0. The summed E-state index contributed by atoms with van der Waals surface area (Å²) >= 11 is 0. The third-order valence-corrected chi connectivity index (χ3v) is 4.68. The van der Waals surface area contributed by atoms with Gasteiger partial charge in [-0.1, -0.05) is 42.5 Å². The van der Waals surface area contributed by atoms with Crippen LogP contribution >= 0.6 is 0 Å². The van der Waals surface area contributed by atoms with E-state index in [1.807, 2.05) is 30.3 Å². The zero-order valence-corrected chi connectivity index (χ0v) is 13.8. The Bertz CT molecular complexity index is 746. The van der Waals surface area contributed by atoms with Crippen molar-refractivity contribution in [2.75, 3.05) is 6.54 Å². The molecule has 0 bridgehead atoms. The summed E-state index contributed by atoms with van der Waals surface area (Å²) in [7, 11) is 0. The monoisotopic (exact) mass is 340 g/mol. The lowest BCUT2D eigenvalue weighted by Crippen LogP contribution is -2.38. The normalized spacial score (nSPS) is 19.9. The standard InChI is InChI=1S/C20H21FN2O2/c21-16-8-6-13(7-9-16)10-15(19(22)24)12-23-20(25)18-11-17(18)14-4-2-1-3-5-14/h1-9,15,17-18H,10-12H2,(H2,22,24)(H,23,25)/t15-,17+,18+/m0/s1. The van der Waals surface area contributed by atoms with Gasteiger partial charge in [0.05, 0.1) is 5.92 Å². The number of nitrogens with two attached hydrogens (primary N) is 1. The summed E-state index contributed by atoms with van der Waals surface area (Å²) in [6.07, 6.45) is 1.21. The molecule has 3 N–H and O–H groups in total. The van der Waals surface area contributed by atoms with Gasteiger partial charge in [0.2, 0.25) is 11.8 Å². The lowest BCUT2D eigenvalue weighted by atomic mass is 9.98. The van der Waals surface area contributed by atoms with E-state index in [0.717, 1.165) is 12.0 Å². The highest BCUT2D eigenvalue weighted by Crippen LogP contribution is 2.47. The van der Waals surface area contributed by atoms with Gasteiger partial charge in [0.15, 0.2) is 0 Å². The summed E-state index contributed by atoms with van der Waals surface area (Å²) in [4.78, 5) is 24.0. The molecule has 1 saturated carbocycles. The van der Waals surface area contributed by atoms with E-state index in [-0.39, 0.29) is 30.1 Å². The number of carbonyl (C=O) groups is 2. The summed E-state index contributed by atoms with van der Waals surface area (Å²) < 4.78 is 13.0. The molecule has 0 aliphatic heterocycles. The van der Waals surface area contributed by atoms with Crippen molar-refractivity contribution in [3.8, 4) is 0 Å². The Kier molecular flexibility index (Phi) is 5.12. The molecule has 25 heavy (non-hydrogen) atoms.